The van der Waals surface area contributed by atoms with Gasteiger partial charge in [0.1, 0.15) is 18.0 Å². The number of rotatable bonds is 5. The lowest BCUT2D eigenvalue weighted by molar-refractivity contribution is 0.0321. The minimum Gasteiger partial charge on any atom is -0.491 e. The smallest absolute Gasteiger partial charge is 0.140 e. The molecule has 7 heteroatoms. The molecule has 152 valence electrons. The minimum atomic E-state index is -1.18. The van der Waals surface area contributed by atoms with E-state index in [9.17, 15) is 4.21 Å². The van der Waals surface area contributed by atoms with Gasteiger partial charge in [-0.2, -0.15) is 0 Å². The molecule has 3 heterocycles. The second kappa shape index (κ2) is 9.66. The second-order valence-electron chi connectivity index (χ2n) is 7.31. The highest BCUT2D eigenvalue weighted by Crippen LogP contribution is 2.30. The first-order valence-corrected chi connectivity index (χ1v) is 10.8. The molecule has 3 rings (SSSR count). The number of hydrogen-bond acceptors (Lipinski definition) is 5. The summed E-state index contributed by atoms with van der Waals surface area (Å²) in [4.78, 5) is 7.44. The van der Waals surface area contributed by atoms with Gasteiger partial charge in [0, 0.05) is 48.5 Å². The number of hydrogen-bond donors (Lipinski definition) is 0. The van der Waals surface area contributed by atoms with E-state index in [4.69, 9.17) is 9.47 Å². The van der Waals surface area contributed by atoms with Gasteiger partial charge in [0.2, 0.25) is 0 Å². The van der Waals surface area contributed by atoms with E-state index in [1.165, 1.54) is 0 Å². The first-order chi connectivity index (χ1) is 12.9. The van der Waals surface area contributed by atoms with Gasteiger partial charge in [-0.15, -0.1) is 0 Å². The Morgan fingerprint density at radius 1 is 1.26 bits per heavy atom. The van der Waals surface area contributed by atoms with Crippen LogP contribution in [0, 0.1) is 6.92 Å². The van der Waals surface area contributed by atoms with E-state index in [-0.39, 0.29) is 4.75 Å². The fraction of sp³-hybridized carbons (Fsp3) is 0.650. The van der Waals surface area contributed by atoms with Crippen LogP contribution in [0.3, 0.4) is 0 Å². The average molecular weight is 396 g/mol. The van der Waals surface area contributed by atoms with Crippen molar-refractivity contribution in [2.75, 3.05) is 39.5 Å². The monoisotopic (exact) mass is 395 g/mol. The van der Waals surface area contributed by atoms with E-state index >= 15 is 0 Å². The van der Waals surface area contributed by atoms with Gasteiger partial charge >= 0.3 is 0 Å². The van der Waals surface area contributed by atoms with Gasteiger partial charge in [-0.05, 0) is 27.7 Å². The summed E-state index contributed by atoms with van der Waals surface area (Å²) in [6.45, 7) is 16.7. The van der Waals surface area contributed by atoms with Crippen LogP contribution in [-0.2, 0) is 15.5 Å². The van der Waals surface area contributed by atoms with Crippen LogP contribution in [0.15, 0.2) is 23.4 Å². The molecule has 1 fully saturated rings. The van der Waals surface area contributed by atoms with Crippen molar-refractivity contribution in [3.05, 3.63) is 24.2 Å². The normalized spacial score (nSPS) is 16.7. The van der Waals surface area contributed by atoms with Crippen molar-refractivity contribution in [3.63, 3.8) is 0 Å². The van der Waals surface area contributed by atoms with E-state index in [1.807, 2.05) is 64.4 Å². The Hall–Kier alpha value is -1.44. The van der Waals surface area contributed by atoms with Crippen LogP contribution in [0.4, 0.5) is 0 Å². The van der Waals surface area contributed by atoms with Gasteiger partial charge in [0.15, 0.2) is 0 Å². The van der Waals surface area contributed by atoms with Crippen LogP contribution in [0.5, 0.6) is 5.75 Å². The number of ether oxygens (including phenoxy) is 2. The van der Waals surface area contributed by atoms with Gasteiger partial charge in [0.05, 0.1) is 28.9 Å². The van der Waals surface area contributed by atoms with Gasteiger partial charge in [-0.25, -0.2) is 4.98 Å². The maximum absolute atomic E-state index is 13.0. The molecule has 27 heavy (non-hydrogen) atoms. The van der Waals surface area contributed by atoms with Crippen LogP contribution in [0.25, 0.3) is 5.65 Å². The number of fused-ring (bicyclic) bond motifs is 1. The highest BCUT2D eigenvalue weighted by Gasteiger charge is 2.25. The van der Waals surface area contributed by atoms with Gasteiger partial charge in [0.25, 0.3) is 0 Å². The Morgan fingerprint density at radius 3 is 2.56 bits per heavy atom. The Morgan fingerprint density at radius 2 is 1.93 bits per heavy atom. The van der Waals surface area contributed by atoms with Gasteiger partial charge < -0.3 is 13.9 Å². The third-order valence-corrected chi connectivity index (χ3v) is 6.10. The zero-order chi connectivity index (χ0) is 20.0. The average Bonchev–Trinajstić information content (AvgIpc) is 3.02. The van der Waals surface area contributed by atoms with Gasteiger partial charge in [-0.1, -0.05) is 13.8 Å². The third kappa shape index (κ3) is 5.53. The standard InChI is InChI=1S/C18H27N3O3S.C2H6/c1-14-12-19-17-11-15(24-10-7-20-5-8-23-9-6-20)16(13-21(14)17)25(22)18(2,3)4;1-2/h11-13H,5-10H2,1-4H3;1-2H3. The molecule has 0 aliphatic carbocycles. The molecule has 0 aromatic carbocycles. The minimum absolute atomic E-state index is 0.357. The maximum atomic E-state index is 13.0. The molecule has 0 N–H and O–H groups in total. The van der Waals surface area contributed by atoms with Crippen LogP contribution in [0.1, 0.15) is 40.3 Å². The molecule has 1 aliphatic rings. The fourth-order valence-electron chi connectivity index (χ4n) is 2.80. The highest BCUT2D eigenvalue weighted by atomic mass is 32.2. The summed E-state index contributed by atoms with van der Waals surface area (Å²) in [6.07, 6.45) is 3.72. The summed E-state index contributed by atoms with van der Waals surface area (Å²) in [5, 5.41) is 0. The molecule has 1 aliphatic heterocycles. The fourth-order valence-corrected chi connectivity index (χ4v) is 3.96. The molecule has 0 saturated carbocycles. The van der Waals surface area contributed by atoms with E-state index in [2.05, 4.69) is 9.88 Å². The zero-order valence-corrected chi connectivity index (χ0v) is 18.3. The van der Waals surface area contributed by atoms with Gasteiger partial charge in [-0.3, -0.25) is 9.11 Å². The molecular weight excluding hydrogens is 362 g/mol. The molecule has 0 spiro atoms. The summed E-state index contributed by atoms with van der Waals surface area (Å²) in [6, 6.07) is 1.89. The molecule has 0 bridgehead atoms. The topological polar surface area (TPSA) is 56.1 Å². The second-order valence-corrected chi connectivity index (χ2v) is 9.52. The molecule has 2 aromatic heterocycles. The van der Waals surface area contributed by atoms with Crippen molar-refractivity contribution < 1.29 is 13.7 Å². The Labute approximate surface area is 165 Å². The molecule has 6 nitrogen and oxygen atoms in total. The molecular formula is C20H33N3O3S. The van der Waals surface area contributed by atoms with E-state index in [0.29, 0.717) is 12.4 Å². The Kier molecular flexibility index (Phi) is 7.82. The summed E-state index contributed by atoms with van der Waals surface area (Å²) < 4.78 is 26.0. The van der Waals surface area contributed by atoms with Crippen LogP contribution in [-0.4, -0.2) is 62.7 Å². The maximum Gasteiger partial charge on any atom is 0.140 e. The van der Waals surface area contributed by atoms with Crippen molar-refractivity contribution >= 4 is 16.4 Å². The van der Waals surface area contributed by atoms with Crippen molar-refractivity contribution in [1.29, 1.82) is 0 Å². The molecule has 0 radical (unpaired) electrons. The lowest BCUT2D eigenvalue weighted by Gasteiger charge is -2.26. The lowest BCUT2D eigenvalue weighted by Crippen LogP contribution is -2.38. The molecule has 1 saturated heterocycles. The zero-order valence-electron chi connectivity index (χ0n) is 17.4. The van der Waals surface area contributed by atoms with Crippen molar-refractivity contribution in [2.24, 2.45) is 0 Å². The first-order valence-electron chi connectivity index (χ1n) is 9.69. The number of aromatic nitrogens is 2. The quantitative estimate of drug-likeness (QED) is 0.778. The van der Waals surface area contributed by atoms with Crippen molar-refractivity contribution in [3.8, 4) is 5.75 Å². The third-order valence-electron chi connectivity index (χ3n) is 4.28. The largest absolute Gasteiger partial charge is 0.491 e. The Balaban J connectivity index is 0.00000126. The molecule has 1 atom stereocenters. The SMILES string of the molecule is CC.Cc1cnc2cc(OCCN3CCOCC3)c(S(=O)C(C)(C)C)cn12. The van der Waals surface area contributed by atoms with Crippen LogP contribution < -0.4 is 4.74 Å². The number of aryl methyl sites for hydroxylation is 1. The number of pyridine rings is 1. The highest BCUT2D eigenvalue weighted by molar-refractivity contribution is 7.86. The van der Waals surface area contributed by atoms with Crippen molar-refractivity contribution in [2.45, 2.75) is 51.2 Å². The summed E-state index contributed by atoms with van der Waals surface area (Å²) in [5.41, 5.74) is 1.83. The van der Waals surface area contributed by atoms with Crippen molar-refractivity contribution in [1.82, 2.24) is 14.3 Å². The number of nitrogens with zero attached hydrogens (tertiary/aromatic N) is 3. The van der Waals surface area contributed by atoms with E-state index in [0.717, 1.165) is 49.1 Å². The van der Waals surface area contributed by atoms with E-state index in [1.54, 1.807) is 0 Å². The predicted octanol–water partition coefficient (Wildman–Crippen LogP) is 3.29. The first kappa shape index (κ1) is 21.9. The van der Waals surface area contributed by atoms with E-state index < -0.39 is 10.8 Å². The Bertz CT molecular complexity index is 762. The number of imidazole rings is 1. The summed E-state index contributed by atoms with van der Waals surface area (Å²) in [5.74, 6) is 0.666. The number of morpholine rings is 1. The van der Waals surface area contributed by atoms with Crippen LogP contribution in [0.2, 0.25) is 0 Å². The molecule has 2 aromatic rings. The summed E-state index contributed by atoms with van der Waals surface area (Å²) in [7, 11) is -1.18. The lowest BCUT2D eigenvalue weighted by atomic mass is 10.3. The summed E-state index contributed by atoms with van der Waals surface area (Å²) >= 11 is 0. The molecule has 1 unspecified atom stereocenters. The predicted molar refractivity (Wildman–Crippen MR) is 110 cm³/mol. The van der Waals surface area contributed by atoms with Crippen LogP contribution >= 0.6 is 0 Å². The molecule has 0 amide bonds.